The average molecular weight is 405 g/mol. The van der Waals surface area contributed by atoms with Crippen LogP contribution in [-0.2, 0) is 14.3 Å². The first kappa shape index (κ1) is 20.0. The van der Waals surface area contributed by atoms with Crippen LogP contribution in [0.15, 0.2) is 47.4 Å². The predicted molar refractivity (Wildman–Crippen MR) is 100 cm³/mol. The van der Waals surface area contributed by atoms with Crippen molar-refractivity contribution in [3.8, 4) is 0 Å². The van der Waals surface area contributed by atoms with E-state index in [9.17, 15) is 23.2 Å². The number of hydrogen-bond donors (Lipinski definition) is 0. The van der Waals surface area contributed by atoms with E-state index in [2.05, 4.69) is 0 Å². The molecule has 1 heterocycles. The van der Waals surface area contributed by atoms with Crippen LogP contribution >= 0.6 is 11.8 Å². The Morgan fingerprint density at radius 1 is 1.11 bits per heavy atom. The first-order chi connectivity index (χ1) is 13.4. The van der Waals surface area contributed by atoms with Crippen LogP contribution in [0.5, 0.6) is 0 Å². The molecule has 3 rings (SSSR count). The number of nitrogens with zero attached hydrogens (tertiary/aromatic N) is 1. The molecule has 8 heteroatoms. The SMILES string of the molecule is O=C(CSc1cc(F)ccc1F)OCC(=O)c1ccc(N2CCCC2=O)cc1. The molecular weight excluding hydrogens is 388 g/mol. The Kier molecular flexibility index (Phi) is 6.41. The molecule has 146 valence electrons. The van der Waals surface area contributed by atoms with E-state index in [4.69, 9.17) is 4.74 Å². The van der Waals surface area contributed by atoms with Gasteiger partial charge in [-0.1, -0.05) is 0 Å². The van der Waals surface area contributed by atoms with E-state index in [1.807, 2.05) is 0 Å². The molecule has 0 N–H and O–H groups in total. The lowest BCUT2D eigenvalue weighted by molar-refractivity contribution is -0.139. The maximum absolute atomic E-state index is 13.5. The highest BCUT2D eigenvalue weighted by molar-refractivity contribution is 8.00. The fourth-order valence-electron chi connectivity index (χ4n) is 2.74. The quantitative estimate of drug-likeness (QED) is 0.400. The molecule has 0 bridgehead atoms. The summed E-state index contributed by atoms with van der Waals surface area (Å²) in [6.45, 7) is 0.209. The fraction of sp³-hybridized carbons (Fsp3) is 0.250. The minimum absolute atomic E-state index is 0.00433. The van der Waals surface area contributed by atoms with E-state index in [1.54, 1.807) is 29.2 Å². The summed E-state index contributed by atoms with van der Waals surface area (Å²) in [5, 5.41) is 0. The van der Waals surface area contributed by atoms with Gasteiger partial charge in [-0.05, 0) is 48.9 Å². The molecule has 0 unspecified atom stereocenters. The maximum Gasteiger partial charge on any atom is 0.316 e. The third-order valence-electron chi connectivity index (χ3n) is 4.18. The molecule has 2 aromatic rings. The Balaban J connectivity index is 1.48. The van der Waals surface area contributed by atoms with Crippen LogP contribution in [0.3, 0.4) is 0 Å². The van der Waals surface area contributed by atoms with Gasteiger partial charge in [0.1, 0.15) is 11.6 Å². The van der Waals surface area contributed by atoms with E-state index < -0.39 is 30.0 Å². The molecule has 0 aliphatic carbocycles. The number of ketones is 1. The normalized spacial score (nSPS) is 13.6. The first-order valence-corrected chi connectivity index (χ1v) is 9.60. The molecular formula is C20H17F2NO4S. The standard InChI is InChI=1S/C20H17F2NO4S/c21-14-5-8-16(22)18(10-14)28-12-20(26)27-11-17(24)13-3-6-15(7-4-13)23-9-1-2-19(23)25/h3-8,10H,1-2,9,11-12H2. The molecule has 0 radical (unpaired) electrons. The zero-order valence-corrected chi connectivity index (χ0v) is 15.6. The van der Waals surface area contributed by atoms with Crippen LogP contribution in [0.2, 0.25) is 0 Å². The number of carbonyl (C=O) groups is 3. The third-order valence-corrected chi connectivity index (χ3v) is 5.18. The topological polar surface area (TPSA) is 63.7 Å². The summed E-state index contributed by atoms with van der Waals surface area (Å²) in [7, 11) is 0. The van der Waals surface area contributed by atoms with Gasteiger partial charge in [0.05, 0.1) is 5.75 Å². The second-order valence-corrected chi connectivity index (χ2v) is 7.16. The Morgan fingerprint density at radius 2 is 1.86 bits per heavy atom. The van der Waals surface area contributed by atoms with Crippen molar-refractivity contribution >= 4 is 35.1 Å². The first-order valence-electron chi connectivity index (χ1n) is 8.61. The molecule has 1 aliphatic heterocycles. The van der Waals surface area contributed by atoms with E-state index in [-0.39, 0.29) is 16.6 Å². The van der Waals surface area contributed by atoms with Crippen molar-refractivity contribution in [2.75, 3.05) is 23.8 Å². The van der Waals surface area contributed by atoms with Crippen LogP contribution < -0.4 is 4.90 Å². The van der Waals surface area contributed by atoms with E-state index in [1.165, 1.54) is 0 Å². The molecule has 0 aromatic heterocycles. The number of thioether (sulfide) groups is 1. The molecule has 0 saturated carbocycles. The Bertz CT molecular complexity index is 902. The van der Waals surface area contributed by atoms with Crippen molar-refractivity contribution in [3.63, 3.8) is 0 Å². The number of ether oxygens (including phenoxy) is 1. The minimum Gasteiger partial charge on any atom is -0.457 e. The summed E-state index contributed by atoms with van der Waals surface area (Å²) in [5.41, 5.74) is 1.08. The number of anilines is 1. The average Bonchev–Trinajstić information content (AvgIpc) is 3.12. The molecule has 0 spiro atoms. The third kappa shape index (κ3) is 4.95. The largest absolute Gasteiger partial charge is 0.457 e. The highest BCUT2D eigenvalue weighted by Gasteiger charge is 2.21. The van der Waals surface area contributed by atoms with Gasteiger partial charge in [-0.15, -0.1) is 11.8 Å². The van der Waals surface area contributed by atoms with Crippen LogP contribution in [-0.4, -0.2) is 36.6 Å². The molecule has 1 aliphatic rings. The van der Waals surface area contributed by atoms with Crippen LogP contribution in [0, 0.1) is 11.6 Å². The summed E-state index contributed by atoms with van der Waals surface area (Å²) in [4.78, 5) is 37.3. The predicted octanol–water partition coefficient (Wildman–Crippen LogP) is 3.61. The number of Topliss-reactive ketones (excluding diaryl/α,β-unsaturated/α-hetero) is 1. The smallest absolute Gasteiger partial charge is 0.316 e. The van der Waals surface area contributed by atoms with Crippen LogP contribution in [0.25, 0.3) is 0 Å². The number of benzene rings is 2. The Hall–Kier alpha value is -2.74. The molecule has 0 atom stereocenters. The number of carbonyl (C=O) groups excluding carboxylic acids is 3. The van der Waals surface area contributed by atoms with Crippen molar-refractivity contribution in [3.05, 3.63) is 59.7 Å². The maximum atomic E-state index is 13.5. The molecule has 1 fully saturated rings. The number of amides is 1. The molecule has 5 nitrogen and oxygen atoms in total. The van der Waals surface area contributed by atoms with Gasteiger partial charge in [0.2, 0.25) is 5.91 Å². The van der Waals surface area contributed by atoms with Crippen LogP contribution in [0.1, 0.15) is 23.2 Å². The van der Waals surface area contributed by atoms with E-state index in [0.29, 0.717) is 18.5 Å². The number of rotatable bonds is 7. The Labute approximate surface area is 164 Å². The van der Waals surface area contributed by atoms with Crippen molar-refractivity contribution in [1.82, 2.24) is 0 Å². The van der Waals surface area contributed by atoms with Gasteiger partial charge >= 0.3 is 5.97 Å². The second-order valence-electron chi connectivity index (χ2n) is 6.14. The summed E-state index contributed by atoms with van der Waals surface area (Å²) >= 11 is 0.795. The second kappa shape index (κ2) is 8.97. The van der Waals surface area contributed by atoms with Gasteiger partial charge in [-0.25, -0.2) is 8.78 Å². The number of hydrogen-bond acceptors (Lipinski definition) is 5. The zero-order valence-electron chi connectivity index (χ0n) is 14.8. The van der Waals surface area contributed by atoms with Crippen molar-refractivity contribution in [2.24, 2.45) is 0 Å². The summed E-state index contributed by atoms with van der Waals surface area (Å²) in [6, 6.07) is 9.47. The molecule has 28 heavy (non-hydrogen) atoms. The monoisotopic (exact) mass is 405 g/mol. The fourth-order valence-corrected chi connectivity index (χ4v) is 3.50. The molecule has 1 amide bonds. The number of esters is 1. The lowest BCUT2D eigenvalue weighted by atomic mass is 10.1. The van der Waals surface area contributed by atoms with Gasteiger partial charge in [0.25, 0.3) is 0 Å². The van der Waals surface area contributed by atoms with E-state index >= 15 is 0 Å². The zero-order chi connectivity index (χ0) is 20.1. The van der Waals surface area contributed by atoms with Gasteiger partial charge < -0.3 is 9.64 Å². The van der Waals surface area contributed by atoms with Crippen molar-refractivity contribution < 1.29 is 27.9 Å². The van der Waals surface area contributed by atoms with Gasteiger partial charge in [0.15, 0.2) is 12.4 Å². The summed E-state index contributed by atoms with van der Waals surface area (Å²) in [5.74, 6) is -2.53. The molecule has 2 aromatic carbocycles. The van der Waals surface area contributed by atoms with Gasteiger partial charge in [-0.3, -0.25) is 14.4 Å². The summed E-state index contributed by atoms with van der Waals surface area (Å²) in [6.07, 6.45) is 1.33. The number of halogens is 2. The lowest BCUT2D eigenvalue weighted by Crippen LogP contribution is -2.23. The van der Waals surface area contributed by atoms with Gasteiger partial charge in [-0.2, -0.15) is 0 Å². The highest BCUT2D eigenvalue weighted by atomic mass is 32.2. The van der Waals surface area contributed by atoms with Crippen LogP contribution in [0.4, 0.5) is 14.5 Å². The molecule has 1 saturated heterocycles. The Morgan fingerprint density at radius 3 is 2.54 bits per heavy atom. The van der Waals surface area contributed by atoms with Crippen molar-refractivity contribution in [1.29, 1.82) is 0 Å². The highest BCUT2D eigenvalue weighted by Crippen LogP contribution is 2.23. The lowest BCUT2D eigenvalue weighted by Gasteiger charge is -2.15. The van der Waals surface area contributed by atoms with Gasteiger partial charge in [0, 0.05) is 29.1 Å². The van der Waals surface area contributed by atoms with E-state index in [0.717, 1.165) is 42.1 Å². The minimum atomic E-state index is -0.707. The van der Waals surface area contributed by atoms with Crippen molar-refractivity contribution in [2.45, 2.75) is 17.7 Å². The summed E-state index contributed by atoms with van der Waals surface area (Å²) < 4.78 is 31.5.